The highest BCUT2D eigenvalue weighted by atomic mass is 19.4. The molecule has 4 aromatic rings. The number of halogens is 3. The Morgan fingerprint density at radius 2 is 1.80 bits per heavy atom. The van der Waals surface area contributed by atoms with Crippen LogP contribution in [0.25, 0.3) is 0 Å². The Morgan fingerprint density at radius 1 is 1.00 bits per heavy atom. The summed E-state index contributed by atoms with van der Waals surface area (Å²) in [6, 6.07) is 12.4. The largest absolute Gasteiger partial charge is 0.416 e. The van der Waals surface area contributed by atoms with Crippen LogP contribution in [0.5, 0.6) is 0 Å². The number of fused-ring (bicyclic) bond motifs is 1. The van der Waals surface area contributed by atoms with Gasteiger partial charge in [-0.15, -0.1) is 0 Å². The van der Waals surface area contributed by atoms with Crippen LogP contribution in [0, 0.1) is 13.8 Å². The van der Waals surface area contributed by atoms with Crippen LogP contribution < -0.4 is 20.4 Å². The molecule has 0 fully saturated rings. The van der Waals surface area contributed by atoms with Crippen LogP contribution in [0.3, 0.4) is 0 Å². The van der Waals surface area contributed by atoms with Gasteiger partial charge in [0.05, 0.1) is 17.8 Å². The zero-order valence-corrected chi connectivity index (χ0v) is 21.7. The number of rotatable bonds is 5. The Morgan fingerprint density at radius 3 is 2.55 bits per heavy atom. The molecule has 2 aromatic carbocycles. The van der Waals surface area contributed by atoms with E-state index < -0.39 is 17.6 Å². The minimum absolute atomic E-state index is 0.136. The molecular weight excluding hydrogens is 523 g/mol. The van der Waals surface area contributed by atoms with Crippen LogP contribution in [0.1, 0.15) is 32.7 Å². The van der Waals surface area contributed by atoms with Gasteiger partial charge in [0, 0.05) is 47.6 Å². The number of pyridine rings is 1. The Kier molecular flexibility index (Phi) is 6.84. The third-order valence-electron chi connectivity index (χ3n) is 6.37. The molecular formula is C28H24F3N7O2. The van der Waals surface area contributed by atoms with Crippen molar-refractivity contribution < 1.29 is 22.8 Å². The Hall–Kier alpha value is -5.00. The summed E-state index contributed by atoms with van der Waals surface area (Å²) in [7, 11) is 1.61. The van der Waals surface area contributed by atoms with E-state index in [0.717, 1.165) is 29.1 Å². The summed E-state index contributed by atoms with van der Waals surface area (Å²) in [6.07, 6.45) is -1.26. The number of benzene rings is 2. The third kappa shape index (κ3) is 5.41. The zero-order chi connectivity index (χ0) is 28.6. The number of aryl methyl sites for hydroxylation is 2. The molecule has 0 spiro atoms. The summed E-state index contributed by atoms with van der Waals surface area (Å²) >= 11 is 0. The van der Waals surface area contributed by atoms with Gasteiger partial charge in [-0.3, -0.25) is 19.6 Å². The van der Waals surface area contributed by atoms with Gasteiger partial charge in [-0.25, -0.2) is 9.78 Å². The maximum Gasteiger partial charge on any atom is 0.416 e. The number of carbonyl (C=O) groups is 2. The average molecular weight is 548 g/mol. The van der Waals surface area contributed by atoms with E-state index in [0.29, 0.717) is 28.7 Å². The number of amides is 3. The molecule has 204 valence electrons. The second-order valence-corrected chi connectivity index (χ2v) is 9.32. The van der Waals surface area contributed by atoms with Crippen LogP contribution in [-0.2, 0) is 12.7 Å². The van der Waals surface area contributed by atoms with E-state index in [4.69, 9.17) is 0 Å². The minimum atomic E-state index is -4.57. The second-order valence-electron chi connectivity index (χ2n) is 9.32. The number of alkyl halides is 3. The number of urea groups is 1. The Bertz CT molecular complexity index is 1620. The SMILES string of the molecule is Cc1cc(Nc2ncc3c(n2)N(C)C(=O)N(c2cc(NC(=O)c4cccc(C(F)(F)F)c4)ccc2C)C3)ccn1. The fourth-order valence-electron chi connectivity index (χ4n) is 4.33. The molecule has 0 saturated heterocycles. The van der Waals surface area contributed by atoms with E-state index in [1.807, 2.05) is 19.9 Å². The number of anilines is 5. The molecule has 1 aliphatic rings. The lowest BCUT2D eigenvalue weighted by atomic mass is 10.1. The first-order chi connectivity index (χ1) is 19.0. The number of carbonyl (C=O) groups excluding carboxylic acids is 2. The zero-order valence-electron chi connectivity index (χ0n) is 21.7. The molecule has 1 aliphatic heterocycles. The van der Waals surface area contributed by atoms with Crippen LogP contribution >= 0.6 is 0 Å². The van der Waals surface area contributed by atoms with Crippen molar-refractivity contribution in [3.63, 3.8) is 0 Å². The van der Waals surface area contributed by atoms with E-state index in [-0.39, 0.29) is 18.1 Å². The van der Waals surface area contributed by atoms with Crippen LogP contribution in [0.4, 0.5) is 46.8 Å². The van der Waals surface area contributed by atoms with Gasteiger partial charge >= 0.3 is 12.2 Å². The van der Waals surface area contributed by atoms with Gasteiger partial charge in [0.15, 0.2) is 0 Å². The summed E-state index contributed by atoms with van der Waals surface area (Å²) in [6.45, 7) is 3.86. The molecule has 2 aromatic heterocycles. The van der Waals surface area contributed by atoms with Crippen molar-refractivity contribution in [1.29, 1.82) is 0 Å². The molecule has 3 heterocycles. The van der Waals surface area contributed by atoms with Gasteiger partial charge in [-0.05, 0) is 61.9 Å². The molecule has 2 N–H and O–H groups in total. The predicted molar refractivity (Wildman–Crippen MR) is 145 cm³/mol. The number of nitrogens with zero attached hydrogens (tertiary/aromatic N) is 5. The molecule has 3 amide bonds. The van der Waals surface area contributed by atoms with Gasteiger partial charge in [-0.1, -0.05) is 12.1 Å². The highest BCUT2D eigenvalue weighted by molar-refractivity contribution is 6.07. The molecule has 0 saturated carbocycles. The lowest BCUT2D eigenvalue weighted by Gasteiger charge is -2.35. The fourth-order valence-corrected chi connectivity index (χ4v) is 4.33. The highest BCUT2D eigenvalue weighted by Crippen LogP contribution is 2.34. The molecule has 0 unspecified atom stereocenters. The average Bonchev–Trinajstić information content (AvgIpc) is 2.92. The summed E-state index contributed by atoms with van der Waals surface area (Å²) < 4.78 is 39.2. The molecule has 0 radical (unpaired) electrons. The van der Waals surface area contributed by atoms with E-state index in [2.05, 4.69) is 25.6 Å². The third-order valence-corrected chi connectivity index (χ3v) is 6.37. The van der Waals surface area contributed by atoms with Gasteiger partial charge in [0.2, 0.25) is 5.95 Å². The molecule has 12 heteroatoms. The quantitative estimate of drug-likeness (QED) is 0.314. The van der Waals surface area contributed by atoms with Crippen molar-refractivity contribution in [3.05, 3.63) is 94.9 Å². The van der Waals surface area contributed by atoms with Crippen molar-refractivity contribution in [2.75, 3.05) is 27.5 Å². The van der Waals surface area contributed by atoms with Crippen molar-refractivity contribution in [3.8, 4) is 0 Å². The molecule has 0 atom stereocenters. The van der Waals surface area contributed by atoms with Gasteiger partial charge in [0.25, 0.3) is 5.91 Å². The fraction of sp³-hybridized carbons (Fsp3) is 0.179. The second kappa shape index (κ2) is 10.3. The maximum atomic E-state index is 13.4. The van der Waals surface area contributed by atoms with Gasteiger partial charge < -0.3 is 10.6 Å². The summed E-state index contributed by atoms with van der Waals surface area (Å²) in [5, 5.41) is 5.74. The maximum absolute atomic E-state index is 13.4. The van der Waals surface area contributed by atoms with E-state index in [9.17, 15) is 22.8 Å². The first-order valence-electron chi connectivity index (χ1n) is 12.2. The smallest absolute Gasteiger partial charge is 0.324 e. The van der Waals surface area contributed by atoms with Crippen molar-refractivity contribution in [2.24, 2.45) is 0 Å². The summed E-state index contributed by atoms with van der Waals surface area (Å²) in [5.74, 6) is 0.0790. The number of nitrogens with one attached hydrogen (secondary N) is 2. The predicted octanol–water partition coefficient (Wildman–Crippen LogP) is 6.08. The molecule has 40 heavy (non-hydrogen) atoms. The highest BCUT2D eigenvalue weighted by Gasteiger charge is 2.32. The first-order valence-corrected chi connectivity index (χ1v) is 12.2. The molecule has 9 nitrogen and oxygen atoms in total. The van der Waals surface area contributed by atoms with Crippen LogP contribution in [0.2, 0.25) is 0 Å². The first kappa shape index (κ1) is 26.6. The number of hydrogen-bond acceptors (Lipinski definition) is 6. The minimum Gasteiger partial charge on any atom is -0.324 e. The lowest BCUT2D eigenvalue weighted by Crippen LogP contribution is -2.46. The standard InChI is InChI=1S/C28H24F3N7O2/c1-16-7-8-21(34-25(39)18-5-4-6-20(12-18)28(29,30)31)13-23(16)38-15-19-14-33-26(36-24(19)37(3)27(38)40)35-22-9-10-32-17(2)11-22/h4-14H,15H2,1-3H3,(H,34,39)(H,32,33,35,36). The van der Waals surface area contributed by atoms with Crippen molar-refractivity contribution >= 4 is 40.8 Å². The summed E-state index contributed by atoms with van der Waals surface area (Å²) in [4.78, 5) is 42.2. The van der Waals surface area contributed by atoms with Crippen LogP contribution in [0.15, 0.2) is 67.0 Å². The monoisotopic (exact) mass is 547 g/mol. The van der Waals surface area contributed by atoms with Gasteiger partial charge in [-0.2, -0.15) is 18.2 Å². The number of aromatic nitrogens is 3. The van der Waals surface area contributed by atoms with E-state index >= 15 is 0 Å². The Balaban J connectivity index is 1.38. The Labute approximate surface area is 227 Å². The van der Waals surface area contributed by atoms with Crippen LogP contribution in [-0.4, -0.2) is 33.9 Å². The van der Waals surface area contributed by atoms with Crippen molar-refractivity contribution in [2.45, 2.75) is 26.6 Å². The lowest BCUT2D eigenvalue weighted by molar-refractivity contribution is -0.137. The van der Waals surface area contributed by atoms with Crippen molar-refractivity contribution in [1.82, 2.24) is 15.0 Å². The molecule has 0 bridgehead atoms. The van der Waals surface area contributed by atoms with E-state index in [1.54, 1.807) is 43.7 Å². The number of hydrogen-bond donors (Lipinski definition) is 2. The topological polar surface area (TPSA) is 103 Å². The molecule has 5 rings (SSSR count). The van der Waals surface area contributed by atoms with Gasteiger partial charge in [0.1, 0.15) is 5.82 Å². The molecule has 0 aliphatic carbocycles. The summed E-state index contributed by atoms with van der Waals surface area (Å²) in [5.41, 5.74) is 2.86. The van der Waals surface area contributed by atoms with E-state index in [1.165, 1.54) is 21.9 Å². The normalized spacial score (nSPS) is 13.2.